The second-order valence-corrected chi connectivity index (χ2v) is 6.54. The third-order valence-corrected chi connectivity index (χ3v) is 4.41. The van der Waals surface area contributed by atoms with E-state index in [4.69, 9.17) is 5.21 Å². The predicted molar refractivity (Wildman–Crippen MR) is 107 cm³/mol. The van der Waals surface area contributed by atoms with Crippen LogP contribution in [0.2, 0.25) is 0 Å². The Morgan fingerprint density at radius 3 is 1.68 bits per heavy atom. The minimum absolute atomic E-state index is 0.0582. The van der Waals surface area contributed by atoms with Crippen molar-refractivity contribution < 1.29 is 14.8 Å². The Kier molecular flexibility index (Phi) is 6.54. The van der Waals surface area contributed by atoms with Gasteiger partial charge < -0.3 is 4.90 Å². The first-order valence-electron chi connectivity index (χ1n) is 9.04. The molecule has 3 rings (SSSR count). The minimum atomic E-state index is -0.492. The lowest BCUT2D eigenvalue weighted by atomic mass is 10.1. The number of carbonyl (C=O) groups is 2. The quantitative estimate of drug-likeness (QED) is 0.491. The fraction of sp³-hybridized carbons (Fsp3) is 0.130. The normalized spacial score (nSPS) is 10.3. The van der Waals surface area contributed by atoms with Gasteiger partial charge in [0.15, 0.2) is 0 Å². The molecule has 0 fully saturated rings. The van der Waals surface area contributed by atoms with Gasteiger partial charge >= 0.3 is 0 Å². The molecule has 0 aromatic heterocycles. The molecule has 0 aliphatic heterocycles. The zero-order chi connectivity index (χ0) is 19.8. The lowest BCUT2D eigenvalue weighted by molar-refractivity contribution is -0.128. The van der Waals surface area contributed by atoms with E-state index in [9.17, 15) is 9.59 Å². The van der Waals surface area contributed by atoms with Crippen LogP contribution in [0.5, 0.6) is 0 Å². The predicted octanol–water partition coefficient (Wildman–Crippen LogP) is 3.58. The lowest BCUT2D eigenvalue weighted by Gasteiger charge is -2.23. The molecule has 5 heteroatoms. The van der Waals surface area contributed by atoms with Gasteiger partial charge in [-0.15, -0.1) is 0 Å². The zero-order valence-electron chi connectivity index (χ0n) is 15.4. The number of carbonyl (C=O) groups excluding carboxylic acids is 2. The average molecular weight is 374 g/mol. The van der Waals surface area contributed by atoms with Crippen molar-refractivity contribution in [3.05, 3.63) is 107 Å². The molecule has 0 aliphatic carbocycles. The molecule has 5 nitrogen and oxygen atoms in total. The topological polar surface area (TPSA) is 69.6 Å². The maximum Gasteiger partial charge on any atom is 0.254 e. The Balaban J connectivity index is 1.80. The van der Waals surface area contributed by atoms with Crippen molar-refractivity contribution in [3.8, 4) is 0 Å². The van der Waals surface area contributed by atoms with Gasteiger partial charge in [0.2, 0.25) is 5.91 Å². The van der Waals surface area contributed by atoms with Crippen molar-refractivity contribution in [2.45, 2.75) is 19.5 Å². The first-order chi connectivity index (χ1) is 13.7. The van der Waals surface area contributed by atoms with Gasteiger partial charge in [-0.2, -0.15) is 0 Å². The van der Waals surface area contributed by atoms with Crippen LogP contribution in [0.3, 0.4) is 0 Å². The van der Waals surface area contributed by atoms with E-state index in [2.05, 4.69) is 0 Å². The van der Waals surface area contributed by atoms with Gasteiger partial charge in [0.1, 0.15) is 0 Å². The number of amides is 2. The first-order valence-corrected chi connectivity index (χ1v) is 9.04. The second-order valence-electron chi connectivity index (χ2n) is 6.54. The standard InChI is InChI=1S/C23H22N2O3/c26-22(24-28)15-18-11-13-21(14-12-18)23(27)25(16-19-7-3-1-4-8-19)17-20-9-5-2-6-10-20/h1-14,28H,15-17H2,(H,24,26). The Bertz CT molecular complexity index is 868. The minimum Gasteiger partial charge on any atom is -0.330 e. The van der Waals surface area contributed by atoms with E-state index in [1.807, 2.05) is 60.7 Å². The van der Waals surface area contributed by atoms with Crippen LogP contribution >= 0.6 is 0 Å². The Morgan fingerprint density at radius 2 is 1.21 bits per heavy atom. The summed E-state index contributed by atoms with van der Waals surface area (Å²) in [6.07, 6.45) is 0.0582. The molecule has 0 radical (unpaired) electrons. The molecule has 3 aromatic carbocycles. The first kappa shape index (κ1) is 19.3. The highest BCUT2D eigenvalue weighted by atomic mass is 16.5. The van der Waals surface area contributed by atoms with Crippen LogP contribution in [0.25, 0.3) is 0 Å². The van der Waals surface area contributed by atoms with E-state index >= 15 is 0 Å². The SMILES string of the molecule is O=C(Cc1ccc(C(=O)N(Cc2ccccc2)Cc2ccccc2)cc1)NO. The monoisotopic (exact) mass is 374 g/mol. The second kappa shape index (κ2) is 9.48. The number of nitrogens with zero attached hydrogens (tertiary/aromatic N) is 1. The molecule has 0 atom stereocenters. The summed E-state index contributed by atoms with van der Waals surface area (Å²) in [6, 6.07) is 26.6. The van der Waals surface area contributed by atoms with Gasteiger partial charge in [0.05, 0.1) is 6.42 Å². The number of nitrogens with one attached hydrogen (secondary N) is 1. The van der Waals surface area contributed by atoms with Crippen LogP contribution in [-0.4, -0.2) is 21.9 Å². The summed E-state index contributed by atoms with van der Waals surface area (Å²) in [5.41, 5.74) is 5.00. The highest BCUT2D eigenvalue weighted by Gasteiger charge is 2.17. The Labute approximate surface area is 164 Å². The average Bonchev–Trinajstić information content (AvgIpc) is 2.75. The molecule has 3 aromatic rings. The van der Waals surface area contributed by atoms with Crippen LogP contribution in [0, 0.1) is 0 Å². The van der Waals surface area contributed by atoms with Crippen LogP contribution in [0.4, 0.5) is 0 Å². The van der Waals surface area contributed by atoms with Crippen molar-refractivity contribution in [2.75, 3.05) is 0 Å². The summed E-state index contributed by atoms with van der Waals surface area (Å²) >= 11 is 0. The molecular formula is C23H22N2O3. The summed E-state index contributed by atoms with van der Waals surface area (Å²) in [4.78, 5) is 26.2. The number of hydroxylamine groups is 1. The summed E-state index contributed by atoms with van der Waals surface area (Å²) in [6.45, 7) is 1.01. The third-order valence-electron chi connectivity index (χ3n) is 4.41. The number of rotatable bonds is 7. The van der Waals surface area contributed by atoms with Gasteiger partial charge in [-0.1, -0.05) is 72.8 Å². The van der Waals surface area contributed by atoms with Gasteiger partial charge in [-0.25, -0.2) is 5.48 Å². The summed E-state index contributed by atoms with van der Waals surface area (Å²) < 4.78 is 0. The van der Waals surface area contributed by atoms with Crippen molar-refractivity contribution >= 4 is 11.8 Å². The number of hydrogen-bond acceptors (Lipinski definition) is 3. The molecule has 2 amide bonds. The molecular weight excluding hydrogens is 352 g/mol. The molecule has 0 bridgehead atoms. The molecule has 0 spiro atoms. The van der Waals surface area contributed by atoms with Crippen molar-refractivity contribution in [3.63, 3.8) is 0 Å². The summed E-state index contributed by atoms with van der Waals surface area (Å²) in [5, 5.41) is 8.63. The highest BCUT2D eigenvalue weighted by molar-refractivity contribution is 5.94. The van der Waals surface area contributed by atoms with Gasteiger partial charge in [0, 0.05) is 18.7 Å². The Hall–Kier alpha value is -3.44. The molecule has 28 heavy (non-hydrogen) atoms. The van der Waals surface area contributed by atoms with E-state index in [0.29, 0.717) is 18.7 Å². The molecule has 0 saturated carbocycles. The number of hydrogen-bond donors (Lipinski definition) is 2. The maximum absolute atomic E-state index is 13.1. The van der Waals surface area contributed by atoms with Gasteiger partial charge in [-0.05, 0) is 28.8 Å². The summed E-state index contributed by atoms with van der Waals surface area (Å²) in [7, 11) is 0. The smallest absolute Gasteiger partial charge is 0.254 e. The lowest BCUT2D eigenvalue weighted by Crippen LogP contribution is -2.30. The molecule has 0 heterocycles. The summed E-state index contributed by atoms with van der Waals surface area (Å²) in [5.74, 6) is -0.570. The third kappa shape index (κ3) is 5.28. The van der Waals surface area contributed by atoms with E-state index in [-0.39, 0.29) is 12.3 Å². The van der Waals surface area contributed by atoms with E-state index < -0.39 is 5.91 Å². The maximum atomic E-state index is 13.1. The molecule has 0 unspecified atom stereocenters. The Morgan fingerprint density at radius 1 is 0.714 bits per heavy atom. The number of benzene rings is 3. The molecule has 142 valence electrons. The van der Waals surface area contributed by atoms with Crippen LogP contribution in [0.15, 0.2) is 84.9 Å². The van der Waals surface area contributed by atoms with Gasteiger partial charge in [-0.3, -0.25) is 14.8 Å². The largest absolute Gasteiger partial charge is 0.330 e. The molecule has 0 saturated heterocycles. The van der Waals surface area contributed by atoms with Crippen molar-refractivity contribution in [1.82, 2.24) is 10.4 Å². The van der Waals surface area contributed by atoms with E-state index in [0.717, 1.165) is 16.7 Å². The fourth-order valence-corrected chi connectivity index (χ4v) is 2.98. The van der Waals surface area contributed by atoms with Crippen molar-refractivity contribution in [2.24, 2.45) is 0 Å². The zero-order valence-corrected chi connectivity index (χ0v) is 15.4. The van der Waals surface area contributed by atoms with E-state index in [1.54, 1.807) is 34.6 Å². The molecule has 0 aliphatic rings. The fourth-order valence-electron chi connectivity index (χ4n) is 2.98. The molecule has 2 N–H and O–H groups in total. The van der Waals surface area contributed by atoms with E-state index in [1.165, 1.54) is 0 Å². The van der Waals surface area contributed by atoms with Gasteiger partial charge in [0.25, 0.3) is 5.91 Å². The van der Waals surface area contributed by atoms with Crippen LogP contribution < -0.4 is 5.48 Å². The van der Waals surface area contributed by atoms with Crippen molar-refractivity contribution in [1.29, 1.82) is 0 Å². The van der Waals surface area contributed by atoms with Crippen LogP contribution in [-0.2, 0) is 24.3 Å². The highest BCUT2D eigenvalue weighted by Crippen LogP contribution is 2.15. The van der Waals surface area contributed by atoms with Crippen LogP contribution in [0.1, 0.15) is 27.0 Å².